The Morgan fingerprint density at radius 1 is 1.67 bits per heavy atom. The van der Waals surface area contributed by atoms with Crippen LogP contribution in [0.5, 0.6) is 0 Å². The third kappa shape index (κ3) is 2.56. The van der Waals surface area contributed by atoms with Crippen molar-refractivity contribution in [2.45, 2.75) is 12.5 Å². The number of halogens is 1. The van der Waals surface area contributed by atoms with Crippen LogP contribution in [-0.4, -0.2) is 19.1 Å². The van der Waals surface area contributed by atoms with Gasteiger partial charge in [0.15, 0.2) is 0 Å². The zero-order valence-corrected chi connectivity index (χ0v) is 5.77. The molecule has 1 saturated heterocycles. The van der Waals surface area contributed by atoms with E-state index in [1.807, 2.05) is 0 Å². The lowest BCUT2D eigenvalue weighted by Gasteiger charge is -1.91. The Kier molecular flexibility index (Phi) is 4.22. The van der Waals surface area contributed by atoms with Gasteiger partial charge in [-0.3, -0.25) is 0 Å². The van der Waals surface area contributed by atoms with Crippen molar-refractivity contribution in [1.82, 2.24) is 5.32 Å². The highest BCUT2D eigenvalue weighted by atomic mass is 35.5. The summed E-state index contributed by atoms with van der Waals surface area (Å²) in [6, 6.07) is 0.208. The number of hydrogen-bond donors (Lipinski definition) is 1. The molecule has 0 spiro atoms. The molecular formula is C4H9ClN4. The SMILES string of the molecule is Cl.[N-]=[N+]=NC1CCNC1. The Labute approximate surface area is 59.7 Å². The smallest absolute Gasteiger partial charge is 0.0510 e. The summed E-state index contributed by atoms with van der Waals surface area (Å²) in [6.45, 7) is 1.84. The highest BCUT2D eigenvalue weighted by Crippen LogP contribution is 2.01. The molecule has 9 heavy (non-hydrogen) atoms. The minimum Gasteiger partial charge on any atom is -0.316 e. The van der Waals surface area contributed by atoms with Gasteiger partial charge in [0.2, 0.25) is 0 Å². The van der Waals surface area contributed by atoms with Gasteiger partial charge in [-0.1, -0.05) is 5.11 Å². The number of nitrogens with one attached hydrogen (secondary N) is 1. The first kappa shape index (κ1) is 8.56. The summed E-state index contributed by atoms with van der Waals surface area (Å²) in [5.74, 6) is 0. The van der Waals surface area contributed by atoms with Crippen molar-refractivity contribution >= 4 is 12.4 Å². The predicted octanol–water partition coefficient (Wildman–Crippen LogP) is 1.08. The van der Waals surface area contributed by atoms with Gasteiger partial charge in [0.1, 0.15) is 0 Å². The van der Waals surface area contributed by atoms with Gasteiger partial charge in [-0.25, -0.2) is 0 Å². The average Bonchev–Trinajstić information content (AvgIpc) is 2.19. The molecule has 0 saturated carbocycles. The van der Waals surface area contributed by atoms with Crippen LogP contribution < -0.4 is 5.32 Å². The first-order valence-corrected chi connectivity index (χ1v) is 2.68. The van der Waals surface area contributed by atoms with E-state index in [1.54, 1.807) is 0 Å². The lowest BCUT2D eigenvalue weighted by Crippen LogP contribution is -2.10. The van der Waals surface area contributed by atoms with Crippen LogP contribution in [0, 0.1) is 0 Å². The molecular weight excluding hydrogens is 140 g/mol. The van der Waals surface area contributed by atoms with Gasteiger partial charge in [0.25, 0.3) is 0 Å². The summed E-state index contributed by atoms with van der Waals surface area (Å²) in [7, 11) is 0. The molecule has 0 amide bonds. The van der Waals surface area contributed by atoms with Crippen LogP contribution in [0.25, 0.3) is 10.4 Å². The summed E-state index contributed by atoms with van der Waals surface area (Å²) in [4.78, 5) is 2.70. The van der Waals surface area contributed by atoms with Gasteiger partial charge in [-0.05, 0) is 18.5 Å². The molecule has 52 valence electrons. The Morgan fingerprint density at radius 2 is 2.44 bits per heavy atom. The third-order valence-corrected chi connectivity index (χ3v) is 1.25. The van der Waals surface area contributed by atoms with Crippen molar-refractivity contribution in [2.24, 2.45) is 5.11 Å². The number of azide groups is 1. The molecule has 1 atom stereocenters. The van der Waals surface area contributed by atoms with E-state index in [1.165, 1.54) is 0 Å². The van der Waals surface area contributed by atoms with Crippen LogP contribution >= 0.6 is 12.4 Å². The number of rotatable bonds is 1. The molecule has 0 aromatic carbocycles. The third-order valence-electron chi connectivity index (χ3n) is 1.25. The average molecular weight is 149 g/mol. The molecule has 1 rings (SSSR count). The van der Waals surface area contributed by atoms with E-state index in [9.17, 15) is 0 Å². The van der Waals surface area contributed by atoms with Crippen molar-refractivity contribution in [2.75, 3.05) is 13.1 Å². The molecule has 1 fully saturated rings. The summed E-state index contributed by atoms with van der Waals surface area (Å²) in [6.07, 6.45) is 0.990. The van der Waals surface area contributed by atoms with Crippen LogP contribution in [0.15, 0.2) is 5.11 Å². The fraction of sp³-hybridized carbons (Fsp3) is 1.00. The van der Waals surface area contributed by atoms with Crippen molar-refractivity contribution in [1.29, 1.82) is 0 Å². The molecule has 1 aliphatic rings. The number of nitrogens with zero attached hydrogens (tertiary/aromatic N) is 3. The van der Waals surface area contributed by atoms with E-state index in [0.717, 1.165) is 19.5 Å². The largest absolute Gasteiger partial charge is 0.316 e. The topological polar surface area (TPSA) is 60.8 Å². The van der Waals surface area contributed by atoms with Gasteiger partial charge in [-0.15, -0.1) is 12.4 Å². The minimum absolute atomic E-state index is 0. The standard InChI is InChI=1S/C4H8N4.ClH/c5-8-7-4-1-2-6-3-4;/h4,6H,1-3H2;1H. The van der Waals surface area contributed by atoms with Gasteiger partial charge < -0.3 is 5.32 Å². The van der Waals surface area contributed by atoms with Crippen LogP contribution in [0.1, 0.15) is 6.42 Å². The first-order chi connectivity index (χ1) is 3.93. The van der Waals surface area contributed by atoms with Crippen LogP contribution in [0.4, 0.5) is 0 Å². The van der Waals surface area contributed by atoms with Crippen molar-refractivity contribution in [3.05, 3.63) is 10.4 Å². The molecule has 1 unspecified atom stereocenters. The van der Waals surface area contributed by atoms with Crippen molar-refractivity contribution in [3.8, 4) is 0 Å². The molecule has 0 aromatic heterocycles. The van der Waals surface area contributed by atoms with Crippen LogP contribution in [0.2, 0.25) is 0 Å². The van der Waals surface area contributed by atoms with E-state index in [4.69, 9.17) is 5.53 Å². The molecule has 1 heterocycles. The highest BCUT2D eigenvalue weighted by molar-refractivity contribution is 5.85. The highest BCUT2D eigenvalue weighted by Gasteiger charge is 2.10. The second-order valence-electron chi connectivity index (χ2n) is 1.85. The maximum absolute atomic E-state index is 7.96. The fourth-order valence-electron chi connectivity index (χ4n) is 0.811. The monoisotopic (exact) mass is 148 g/mol. The summed E-state index contributed by atoms with van der Waals surface area (Å²) >= 11 is 0. The van der Waals surface area contributed by atoms with Gasteiger partial charge in [0.05, 0.1) is 6.04 Å². The zero-order valence-electron chi connectivity index (χ0n) is 4.95. The van der Waals surface area contributed by atoms with Gasteiger partial charge in [0, 0.05) is 11.5 Å². The molecule has 5 heteroatoms. The van der Waals surface area contributed by atoms with E-state index in [0.29, 0.717) is 0 Å². The number of hydrogen-bond acceptors (Lipinski definition) is 2. The normalized spacial score (nSPS) is 24.2. The second kappa shape index (κ2) is 4.44. The quantitative estimate of drug-likeness (QED) is 0.338. The molecule has 1 N–H and O–H groups in total. The lowest BCUT2D eigenvalue weighted by atomic mass is 10.3. The molecule has 0 bridgehead atoms. The predicted molar refractivity (Wildman–Crippen MR) is 37.7 cm³/mol. The second-order valence-corrected chi connectivity index (χ2v) is 1.85. The summed E-state index contributed by atoms with van der Waals surface area (Å²) in [5, 5.41) is 6.63. The molecule has 0 aliphatic carbocycles. The van der Waals surface area contributed by atoms with Crippen LogP contribution in [-0.2, 0) is 0 Å². The molecule has 4 nitrogen and oxygen atoms in total. The fourth-order valence-corrected chi connectivity index (χ4v) is 0.811. The Balaban J connectivity index is 0.000000640. The van der Waals surface area contributed by atoms with E-state index in [2.05, 4.69) is 15.3 Å². The van der Waals surface area contributed by atoms with E-state index < -0.39 is 0 Å². The Morgan fingerprint density at radius 3 is 2.89 bits per heavy atom. The van der Waals surface area contributed by atoms with Crippen molar-refractivity contribution < 1.29 is 0 Å². The lowest BCUT2D eigenvalue weighted by molar-refractivity contribution is 0.735. The summed E-state index contributed by atoms with van der Waals surface area (Å²) < 4.78 is 0. The minimum atomic E-state index is 0. The summed E-state index contributed by atoms with van der Waals surface area (Å²) in [5.41, 5.74) is 7.96. The maximum Gasteiger partial charge on any atom is 0.0510 e. The Bertz CT molecular complexity index is 114. The molecule has 0 aromatic rings. The maximum atomic E-state index is 7.96. The van der Waals surface area contributed by atoms with E-state index >= 15 is 0 Å². The first-order valence-electron chi connectivity index (χ1n) is 2.68. The Hall–Kier alpha value is -0.440. The van der Waals surface area contributed by atoms with Crippen LogP contribution in [0.3, 0.4) is 0 Å². The van der Waals surface area contributed by atoms with E-state index in [-0.39, 0.29) is 18.4 Å². The van der Waals surface area contributed by atoms with Gasteiger partial charge >= 0.3 is 0 Å². The van der Waals surface area contributed by atoms with Crippen molar-refractivity contribution in [3.63, 3.8) is 0 Å². The van der Waals surface area contributed by atoms with Gasteiger partial charge in [-0.2, -0.15) is 0 Å². The zero-order chi connectivity index (χ0) is 5.82. The molecule has 0 radical (unpaired) electrons. The molecule has 1 aliphatic heterocycles.